The van der Waals surface area contributed by atoms with Gasteiger partial charge in [-0.05, 0) is 20.8 Å². The second-order valence-corrected chi connectivity index (χ2v) is 3.93. The van der Waals surface area contributed by atoms with E-state index in [0.717, 1.165) is 5.06 Å². The normalized spacial score (nSPS) is 23.4. The summed E-state index contributed by atoms with van der Waals surface area (Å²) in [5.41, 5.74) is -0.534. The van der Waals surface area contributed by atoms with Gasteiger partial charge in [0.2, 0.25) is 0 Å². The summed E-state index contributed by atoms with van der Waals surface area (Å²) in [5, 5.41) is 10.0. The van der Waals surface area contributed by atoms with Crippen molar-refractivity contribution in [2.45, 2.75) is 39.1 Å². The predicted octanol–water partition coefficient (Wildman–Crippen LogP) is 0.877. The highest BCUT2D eigenvalue weighted by Gasteiger charge is 2.29. The Hall–Kier alpha value is -0.810. The lowest BCUT2D eigenvalue weighted by Gasteiger charge is -2.23. The number of amides is 1. The number of aliphatic hydroxyl groups excluding tert-OH is 1. The van der Waals surface area contributed by atoms with Crippen molar-refractivity contribution in [3.8, 4) is 0 Å². The van der Waals surface area contributed by atoms with Crippen molar-refractivity contribution in [1.82, 2.24) is 5.06 Å². The van der Waals surface area contributed by atoms with E-state index in [9.17, 15) is 4.79 Å². The highest BCUT2D eigenvalue weighted by Crippen LogP contribution is 2.15. The van der Waals surface area contributed by atoms with Gasteiger partial charge in [-0.1, -0.05) is 0 Å². The molecule has 1 N–H and O–H groups in total. The van der Waals surface area contributed by atoms with Gasteiger partial charge in [0.25, 0.3) is 0 Å². The van der Waals surface area contributed by atoms with Gasteiger partial charge in [0.15, 0.2) is 6.29 Å². The third-order valence-corrected chi connectivity index (χ3v) is 1.43. The van der Waals surface area contributed by atoms with Crippen molar-refractivity contribution in [2.24, 2.45) is 0 Å². The zero-order valence-corrected chi connectivity index (χ0v) is 8.11. The van der Waals surface area contributed by atoms with Crippen molar-refractivity contribution in [2.75, 3.05) is 6.54 Å². The zero-order valence-electron chi connectivity index (χ0n) is 8.11. The Balaban J connectivity index is 2.41. The second-order valence-electron chi connectivity index (χ2n) is 3.93. The Morgan fingerprint density at radius 1 is 1.62 bits per heavy atom. The molecule has 0 unspecified atom stereocenters. The van der Waals surface area contributed by atoms with Gasteiger partial charge < -0.3 is 9.84 Å². The molecule has 1 atom stereocenters. The van der Waals surface area contributed by atoms with Crippen LogP contribution in [0.15, 0.2) is 0 Å². The molecule has 1 aliphatic rings. The standard InChI is InChI=1S/C8H15NO4/c1-8(2,3)12-7(11)9-5-4-6(10)13-9/h6,10H,4-5H2,1-3H3/t6-/m0/s1. The van der Waals surface area contributed by atoms with Crippen LogP contribution in [0.1, 0.15) is 27.2 Å². The molecule has 0 spiro atoms. The van der Waals surface area contributed by atoms with Crippen molar-refractivity contribution < 1.29 is 19.5 Å². The minimum Gasteiger partial charge on any atom is -0.442 e. The fraction of sp³-hybridized carbons (Fsp3) is 0.875. The average molecular weight is 189 g/mol. The number of carbonyl (C=O) groups excluding carboxylic acids is 1. The molecule has 0 aromatic carbocycles. The fourth-order valence-electron chi connectivity index (χ4n) is 0.927. The molecule has 1 heterocycles. The summed E-state index contributed by atoms with van der Waals surface area (Å²) in [5.74, 6) is 0. The number of rotatable bonds is 0. The molecule has 0 saturated carbocycles. The van der Waals surface area contributed by atoms with Crippen LogP contribution in [0.25, 0.3) is 0 Å². The Bertz CT molecular complexity index is 199. The van der Waals surface area contributed by atoms with Gasteiger partial charge in [0.1, 0.15) is 5.60 Å². The van der Waals surface area contributed by atoms with Crippen LogP contribution >= 0.6 is 0 Å². The summed E-state index contributed by atoms with van der Waals surface area (Å²) < 4.78 is 5.02. The molecular formula is C8H15NO4. The Labute approximate surface area is 77.2 Å². The van der Waals surface area contributed by atoms with E-state index in [-0.39, 0.29) is 0 Å². The maximum atomic E-state index is 11.3. The van der Waals surface area contributed by atoms with Crippen LogP contribution in [-0.2, 0) is 9.57 Å². The Kier molecular flexibility index (Phi) is 2.77. The molecule has 1 amide bonds. The molecule has 1 fully saturated rings. The lowest BCUT2D eigenvalue weighted by Crippen LogP contribution is -2.34. The zero-order chi connectivity index (χ0) is 10.1. The fourth-order valence-corrected chi connectivity index (χ4v) is 0.927. The Morgan fingerprint density at radius 3 is 2.62 bits per heavy atom. The van der Waals surface area contributed by atoms with Crippen LogP contribution in [0.4, 0.5) is 4.79 Å². The smallest absolute Gasteiger partial charge is 0.434 e. The SMILES string of the molecule is CC(C)(C)OC(=O)N1CC[C@@H](O)O1. The number of carbonyl (C=O) groups is 1. The highest BCUT2D eigenvalue weighted by atomic mass is 16.8. The van der Waals surface area contributed by atoms with Crippen LogP contribution in [0.3, 0.4) is 0 Å². The first-order valence-corrected chi connectivity index (χ1v) is 4.24. The summed E-state index contributed by atoms with van der Waals surface area (Å²) in [6, 6.07) is 0. The third-order valence-electron chi connectivity index (χ3n) is 1.43. The molecule has 1 rings (SSSR count). The number of hydrogen-bond donors (Lipinski definition) is 1. The lowest BCUT2D eigenvalue weighted by atomic mass is 10.2. The molecular weight excluding hydrogens is 174 g/mol. The number of ether oxygens (including phenoxy) is 1. The summed E-state index contributed by atoms with van der Waals surface area (Å²) in [7, 11) is 0. The summed E-state index contributed by atoms with van der Waals surface area (Å²) >= 11 is 0. The van der Waals surface area contributed by atoms with E-state index in [1.807, 2.05) is 0 Å². The van der Waals surface area contributed by atoms with Gasteiger partial charge in [-0.15, -0.1) is 0 Å². The van der Waals surface area contributed by atoms with E-state index in [4.69, 9.17) is 14.7 Å². The first-order valence-electron chi connectivity index (χ1n) is 4.24. The van der Waals surface area contributed by atoms with E-state index in [2.05, 4.69) is 0 Å². The quantitative estimate of drug-likeness (QED) is 0.614. The van der Waals surface area contributed by atoms with Crippen LogP contribution in [0.5, 0.6) is 0 Å². The molecule has 13 heavy (non-hydrogen) atoms. The first kappa shape index (κ1) is 10.3. The summed E-state index contributed by atoms with van der Waals surface area (Å²) in [4.78, 5) is 16.1. The number of hydrogen-bond acceptors (Lipinski definition) is 4. The van der Waals surface area contributed by atoms with E-state index >= 15 is 0 Å². The molecule has 0 aromatic rings. The molecule has 0 radical (unpaired) electrons. The van der Waals surface area contributed by atoms with E-state index in [0.29, 0.717) is 13.0 Å². The van der Waals surface area contributed by atoms with Crippen molar-refractivity contribution in [3.63, 3.8) is 0 Å². The highest BCUT2D eigenvalue weighted by molar-refractivity contribution is 5.66. The van der Waals surface area contributed by atoms with Crippen LogP contribution in [0, 0.1) is 0 Å². The first-order chi connectivity index (χ1) is 5.88. The minimum atomic E-state index is -0.882. The maximum Gasteiger partial charge on any atom is 0.434 e. The topological polar surface area (TPSA) is 59.0 Å². The van der Waals surface area contributed by atoms with E-state index in [1.54, 1.807) is 20.8 Å². The monoisotopic (exact) mass is 189 g/mol. The van der Waals surface area contributed by atoms with Crippen LogP contribution < -0.4 is 0 Å². The predicted molar refractivity (Wildman–Crippen MR) is 44.6 cm³/mol. The van der Waals surface area contributed by atoms with Gasteiger partial charge >= 0.3 is 6.09 Å². The maximum absolute atomic E-state index is 11.3. The lowest BCUT2D eigenvalue weighted by molar-refractivity contribution is -0.198. The van der Waals surface area contributed by atoms with E-state index in [1.165, 1.54) is 0 Å². The summed E-state index contributed by atoms with van der Waals surface area (Å²) in [6.07, 6.45) is -1.00. The average Bonchev–Trinajstić information content (AvgIpc) is 2.31. The molecule has 1 aliphatic heterocycles. The van der Waals surface area contributed by atoms with Gasteiger partial charge in [-0.2, -0.15) is 5.06 Å². The molecule has 0 aliphatic carbocycles. The Morgan fingerprint density at radius 2 is 2.23 bits per heavy atom. The number of nitrogens with zero attached hydrogens (tertiary/aromatic N) is 1. The number of hydroxylamine groups is 2. The molecule has 5 heteroatoms. The minimum absolute atomic E-state index is 0.371. The van der Waals surface area contributed by atoms with E-state index < -0.39 is 18.0 Å². The van der Waals surface area contributed by atoms with Gasteiger partial charge in [-0.3, -0.25) is 0 Å². The van der Waals surface area contributed by atoms with Gasteiger partial charge in [0, 0.05) is 6.42 Å². The van der Waals surface area contributed by atoms with Crippen molar-refractivity contribution in [3.05, 3.63) is 0 Å². The molecule has 0 aromatic heterocycles. The van der Waals surface area contributed by atoms with Crippen molar-refractivity contribution >= 4 is 6.09 Å². The van der Waals surface area contributed by atoms with Crippen LogP contribution in [-0.4, -0.2) is 34.7 Å². The van der Waals surface area contributed by atoms with Gasteiger partial charge in [-0.25, -0.2) is 9.63 Å². The second kappa shape index (κ2) is 3.51. The largest absolute Gasteiger partial charge is 0.442 e. The molecule has 5 nitrogen and oxygen atoms in total. The number of aliphatic hydroxyl groups is 1. The summed E-state index contributed by atoms with van der Waals surface area (Å²) in [6.45, 7) is 5.70. The third kappa shape index (κ3) is 3.20. The molecule has 76 valence electrons. The molecule has 1 saturated heterocycles. The van der Waals surface area contributed by atoms with Crippen molar-refractivity contribution in [1.29, 1.82) is 0 Å². The van der Waals surface area contributed by atoms with Crippen LogP contribution in [0.2, 0.25) is 0 Å². The molecule has 0 bridgehead atoms. The van der Waals surface area contributed by atoms with Gasteiger partial charge in [0.05, 0.1) is 6.54 Å².